The van der Waals surface area contributed by atoms with Crippen molar-refractivity contribution in [3.63, 3.8) is 0 Å². The van der Waals surface area contributed by atoms with Gasteiger partial charge in [-0.25, -0.2) is 0 Å². The van der Waals surface area contributed by atoms with E-state index in [0.717, 1.165) is 28.4 Å². The molecule has 0 unspecified atom stereocenters. The number of hydrogen-bond acceptors (Lipinski definition) is 4. The maximum atomic E-state index is 12.2. The zero-order valence-electron chi connectivity index (χ0n) is 14.8. The van der Waals surface area contributed by atoms with Crippen molar-refractivity contribution >= 4 is 17.7 Å². The lowest BCUT2D eigenvalue weighted by Crippen LogP contribution is -2.28. The Kier molecular flexibility index (Phi) is 5.53. The lowest BCUT2D eigenvalue weighted by atomic mass is 10.0. The summed E-state index contributed by atoms with van der Waals surface area (Å²) in [4.78, 5) is 12.2. The van der Waals surface area contributed by atoms with Crippen molar-refractivity contribution in [2.75, 3.05) is 12.5 Å². The quantitative estimate of drug-likeness (QED) is 0.844. The number of benzene rings is 2. The Hall–Kier alpha value is -2.14. The number of ether oxygens (including phenoxy) is 2. The summed E-state index contributed by atoms with van der Waals surface area (Å²) in [7, 11) is 0. The van der Waals surface area contributed by atoms with Crippen molar-refractivity contribution in [2.45, 2.75) is 32.6 Å². The summed E-state index contributed by atoms with van der Waals surface area (Å²) in [6.45, 7) is 6.49. The Morgan fingerprint density at radius 1 is 1.12 bits per heavy atom. The van der Waals surface area contributed by atoms with Crippen LogP contribution in [0.4, 0.5) is 0 Å². The third kappa shape index (κ3) is 4.48. The SMILES string of the molecule is Cc1ccc([C@H](C)NC(=O)CSCc2ccc3c(c2)OCO3)cc1C. The fraction of sp³-hybridized carbons (Fsp3) is 0.350. The van der Waals surface area contributed by atoms with Gasteiger partial charge in [-0.15, -0.1) is 11.8 Å². The van der Waals surface area contributed by atoms with Gasteiger partial charge in [-0.1, -0.05) is 24.3 Å². The van der Waals surface area contributed by atoms with Crippen LogP contribution in [-0.2, 0) is 10.5 Å². The van der Waals surface area contributed by atoms with Gasteiger partial charge >= 0.3 is 0 Å². The molecule has 1 amide bonds. The average molecular weight is 357 g/mol. The molecule has 0 spiro atoms. The van der Waals surface area contributed by atoms with Crippen LogP contribution in [0, 0.1) is 13.8 Å². The third-order valence-corrected chi connectivity index (χ3v) is 5.35. The molecule has 0 aromatic heterocycles. The van der Waals surface area contributed by atoms with Gasteiger partial charge in [0, 0.05) is 5.75 Å². The molecule has 2 aromatic rings. The van der Waals surface area contributed by atoms with Crippen molar-refractivity contribution in [3.8, 4) is 11.5 Å². The second kappa shape index (κ2) is 7.83. The van der Waals surface area contributed by atoms with Gasteiger partial charge in [0.25, 0.3) is 0 Å². The number of carbonyl (C=O) groups is 1. The Balaban J connectivity index is 1.47. The standard InChI is InChI=1S/C20H23NO3S/c1-13-4-6-17(8-14(13)2)15(3)21-20(22)11-25-10-16-5-7-18-19(9-16)24-12-23-18/h4-9,15H,10-12H2,1-3H3,(H,21,22)/t15-/m0/s1. The zero-order chi connectivity index (χ0) is 17.8. The van der Waals surface area contributed by atoms with Gasteiger partial charge in [-0.05, 0) is 55.2 Å². The first-order valence-corrected chi connectivity index (χ1v) is 9.51. The van der Waals surface area contributed by atoms with Crippen molar-refractivity contribution in [3.05, 3.63) is 58.7 Å². The van der Waals surface area contributed by atoms with Crippen LogP contribution in [0.25, 0.3) is 0 Å². The molecule has 3 rings (SSSR count). The fourth-order valence-corrected chi connectivity index (χ4v) is 3.48. The summed E-state index contributed by atoms with van der Waals surface area (Å²) in [6.07, 6.45) is 0. The molecule has 1 N–H and O–H groups in total. The van der Waals surface area contributed by atoms with E-state index >= 15 is 0 Å². The fourth-order valence-electron chi connectivity index (χ4n) is 2.69. The summed E-state index contributed by atoms with van der Waals surface area (Å²) in [5.41, 5.74) is 4.78. The second-order valence-corrected chi connectivity index (χ2v) is 7.30. The minimum Gasteiger partial charge on any atom is -0.454 e. The van der Waals surface area contributed by atoms with Crippen LogP contribution < -0.4 is 14.8 Å². The van der Waals surface area contributed by atoms with Crippen LogP contribution >= 0.6 is 11.8 Å². The largest absolute Gasteiger partial charge is 0.454 e. The highest BCUT2D eigenvalue weighted by Gasteiger charge is 2.14. The first-order chi connectivity index (χ1) is 12.0. The molecule has 0 saturated heterocycles. The number of nitrogens with one attached hydrogen (secondary N) is 1. The Morgan fingerprint density at radius 2 is 1.92 bits per heavy atom. The zero-order valence-corrected chi connectivity index (χ0v) is 15.6. The molecule has 0 saturated carbocycles. The van der Waals surface area contributed by atoms with E-state index in [9.17, 15) is 4.79 Å². The molecule has 0 fully saturated rings. The molecular formula is C20H23NO3S. The van der Waals surface area contributed by atoms with Gasteiger partial charge in [-0.3, -0.25) is 4.79 Å². The van der Waals surface area contributed by atoms with Gasteiger partial charge in [0.05, 0.1) is 11.8 Å². The van der Waals surface area contributed by atoms with E-state index in [2.05, 4.69) is 37.4 Å². The summed E-state index contributed by atoms with van der Waals surface area (Å²) in [5.74, 6) is 2.82. The van der Waals surface area contributed by atoms with Crippen LogP contribution in [0.1, 0.15) is 35.2 Å². The lowest BCUT2D eigenvalue weighted by Gasteiger charge is -2.15. The predicted molar refractivity (Wildman–Crippen MR) is 101 cm³/mol. The molecule has 25 heavy (non-hydrogen) atoms. The van der Waals surface area contributed by atoms with Gasteiger partial charge in [-0.2, -0.15) is 0 Å². The molecular weight excluding hydrogens is 334 g/mol. The number of aryl methyl sites for hydroxylation is 2. The van der Waals surface area contributed by atoms with Gasteiger partial charge in [0.1, 0.15) is 0 Å². The molecule has 132 valence electrons. The third-order valence-electron chi connectivity index (χ3n) is 4.35. The molecule has 0 bridgehead atoms. The number of hydrogen-bond donors (Lipinski definition) is 1. The number of carbonyl (C=O) groups excluding carboxylic acids is 1. The van der Waals surface area contributed by atoms with E-state index in [-0.39, 0.29) is 18.7 Å². The highest BCUT2D eigenvalue weighted by molar-refractivity contribution is 7.99. The molecule has 1 aliphatic heterocycles. The van der Waals surface area contributed by atoms with E-state index in [1.165, 1.54) is 11.1 Å². The van der Waals surface area contributed by atoms with Gasteiger partial charge in [0.15, 0.2) is 11.5 Å². The molecule has 0 aliphatic carbocycles. The average Bonchev–Trinajstić information content (AvgIpc) is 3.05. The van der Waals surface area contributed by atoms with E-state index in [1.807, 2.05) is 25.1 Å². The molecule has 5 heteroatoms. The highest BCUT2D eigenvalue weighted by atomic mass is 32.2. The van der Waals surface area contributed by atoms with E-state index < -0.39 is 0 Å². The molecule has 1 aliphatic rings. The molecule has 2 aromatic carbocycles. The maximum absolute atomic E-state index is 12.2. The molecule has 1 atom stereocenters. The number of rotatable bonds is 6. The van der Waals surface area contributed by atoms with Crippen molar-refractivity contribution < 1.29 is 14.3 Å². The molecule has 0 radical (unpaired) electrons. The summed E-state index contributed by atoms with van der Waals surface area (Å²) < 4.78 is 10.7. The van der Waals surface area contributed by atoms with Crippen LogP contribution in [0.3, 0.4) is 0 Å². The first kappa shape index (κ1) is 17.7. The van der Waals surface area contributed by atoms with Crippen LogP contribution in [0.5, 0.6) is 11.5 Å². The van der Waals surface area contributed by atoms with E-state index in [1.54, 1.807) is 11.8 Å². The number of amides is 1. The van der Waals surface area contributed by atoms with Crippen molar-refractivity contribution in [2.24, 2.45) is 0 Å². The second-order valence-electron chi connectivity index (χ2n) is 6.31. The topological polar surface area (TPSA) is 47.6 Å². The molecule has 1 heterocycles. The van der Waals surface area contributed by atoms with Crippen molar-refractivity contribution in [1.82, 2.24) is 5.32 Å². The van der Waals surface area contributed by atoms with Crippen LogP contribution in [0.15, 0.2) is 36.4 Å². The van der Waals surface area contributed by atoms with Crippen LogP contribution in [-0.4, -0.2) is 18.5 Å². The predicted octanol–water partition coefficient (Wildman–Crippen LogP) is 4.14. The normalized spacial score (nSPS) is 13.6. The van der Waals surface area contributed by atoms with Gasteiger partial charge in [0.2, 0.25) is 12.7 Å². The summed E-state index contributed by atoms with van der Waals surface area (Å²) in [6, 6.07) is 12.2. The smallest absolute Gasteiger partial charge is 0.231 e. The minimum atomic E-state index is 0.0120. The van der Waals surface area contributed by atoms with Gasteiger partial charge < -0.3 is 14.8 Å². The summed E-state index contributed by atoms with van der Waals surface area (Å²) in [5, 5.41) is 3.07. The first-order valence-electron chi connectivity index (χ1n) is 8.35. The maximum Gasteiger partial charge on any atom is 0.231 e. The monoisotopic (exact) mass is 357 g/mol. The van der Waals surface area contributed by atoms with Crippen LogP contribution in [0.2, 0.25) is 0 Å². The highest BCUT2D eigenvalue weighted by Crippen LogP contribution is 2.33. The van der Waals surface area contributed by atoms with E-state index in [0.29, 0.717) is 5.75 Å². The van der Waals surface area contributed by atoms with Crippen molar-refractivity contribution in [1.29, 1.82) is 0 Å². The summed E-state index contributed by atoms with van der Waals surface area (Å²) >= 11 is 1.59. The minimum absolute atomic E-state index is 0.0120. The lowest BCUT2D eigenvalue weighted by molar-refractivity contribution is -0.119. The Bertz CT molecular complexity index is 776. The molecule has 4 nitrogen and oxygen atoms in total. The number of thioether (sulfide) groups is 1. The van der Waals surface area contributed by atoms with E-state index in [4.69, 9.17) is 9.47 Å². The number of fused-ring (bicyclic) bond motifs is 1. The Labute approximate surface area is 152 Å². The Morgan fingerprint density at radius 3 is 2.72 bits per heavy atom.